The lowest BCUT2D eigenvalue weighted by atomic mass is 10.2. The smallest absolute Gasteiger partial charge is 0.359 e. The van der Waals surface area contributed by atoms with Crippen LogP contribution >= 0.6 is 0 Å². The van der Waals surface area contributed by atoms with Gasteiger partial charge in [0.2, 0.25) is 0 Å². The fourth-order valence-corrected chi connectivity index (χ4v) is 1.06. The van der Waals surface area contributed by atoms with Gasteiger partial charge in [0.25, 0.3) is 0 Å². The van der Waals surface area contributed by atoms with Crippen LogP contribution in [0.15, 0.2) is 35.3 Å². The Morgan fingerprint density at radius 2 is 1.78 bits per heavy atom. The molecule has 1 rings (SSSR count). The van der Waals surface area contributed by atoms with E-state index in [-0.39, 0.29) is 0 Å². The minimum absolute atomic E-state index is 0.800. The number of hydrogen-bond acceptors (Lipinski definition) is 3. The van der Waals surface area contributed by atoms with Gasteiger partial charge in [0.15, 0.2) is 5.96 Å². The van der Waals surface area contributed by atoms with Gasteiger partial charge in [-0.05, 0) is 5.56 Å². The first-order chi connectivity index (χ1) is 8.36. The lowest BCUT2D eigenvalue weighted by Crippen LogP contribution is -2.33. The Kier molecular flexibility index (Phi) is 7.68. The number of rotatable bonds is 2. The van der Waals surface area contributed by atoms with Crippen LogP contribution in [0.4, 0.5) is 0 Å². The third-order valence-corrected chi connectivity index (χ3v) is 1.76. The molecular weight excluding hydrogens is 258 g/mol. The number of benzene rings is 1. The van der Waals surface area contributed by atoms with E-state index in [2.05, 4.69) is 27.8 Å². The lowest BCUT2D eigenvalue weighted by molar-refractivity contribution is 0.381. The zero-order chi connectivity index (χ0) is 14.0. The molecule has 1 aromatic carbocycles. The molecule has 0 fully saturated rings. The molecule has 18 heavy (non-hydrogen) atoms. The highest BCUT2D eigenvalue weighted by Crippen LogP contribution is 1.96. The van der Waals surface area contributed by atoms with Crippen LogP contribution in [0.1, 0.15) is 5.56 Å². The fraction of sp³-hybridized carbons (Fsp3) is 0.300. The summed E-state index contributed by atoms with van der Waals surface area (Å²) in [5.41, 5.74) is 1.25. The summed E-state index contributed by atoms with van der Waals surface area (Å²) in [5.74, 6) is 0.809. The van der Waals surface area contributed by atoms with Crippen LogP contribution in [0.2, 0.25) is 0 Å². The van der Waals surface area contributed by atoms with Crippen LogP contribution in [0.25, 0.3) is 0 Å². The Morgan fingerprint density at radius 3 is 2.17 bits per heavy atom. The molecule has 0 atom stereocenters. The predicted molar refractivity (Wildman–Crippen MR) is 69.9 cm³/mol. The van der Waals surface area contributed by atoms with Crippen LogP contribution in [0, 0.1) is 0 Å². The molecular formula is C10H17N3O4S. The fourth-order valence-electron chi connectivity index (χ4n) is 1.06. The molecule has 0 unspecified atom stereocenters. The van der Waals surface area contributed by atoms with Gasteiger partial charge >= 0.3 is 10.4 Å². The van der Waals surface area contributed by atoms with E-state index in [1.54, 1.807) is 7.05 Å². The van der Waals surface area contributed by atoms with Gasteiger partial charge in [-0.25, -0.2) is 0 Å². The van der Waals surface area contributed by atoms with Crippen molar-refractivity contribution in [1.82, 2.24) is 10.6 Å². The van der Waals surface area contributed by atoms with Gasteiger partial charge in [0.05, 0.1) is 0 Å². The van der Waals surface area contributed by atoms with Crippen molar-refractivity contribution in [1.29, 1.82) is 0 Å². The van der Waals surface area contributed by atoms with E-state index in [0.29, 0.717) is 0 Å². The predicted octanol–water partition coefficient (Wildman–Crippen LogP) is 0.329. The van der Waals surface area contributed by atoms with Crippen molar-refractivity contribution in [3.05, 3.63) is 35.9 Å². The average molecular weight is 275 g/mol. The molecule has 0 bridgehead atoms. The van der Waals surface area contributed by atoms with Crippen LogP contribution < -0.4 is 10.6 Å². The quantitative estimate of drug-likeness (QED) is 0.351. The highest BCUT2D eigenvalue weighted by atomic mass is 32.3. The van der Waals surface area contributed by atoms with Crippen molar-refractivity contribution in [2.75, 3.05) is 14.1 Å². The van der Waals surface area contributed by atoms with E-state index in [9.17, 15) is 0 Å². The van der Waals surface area contributed by atoms with Crippen molar-refractivity contribution >= 4 is 16.4 Å². The molecule has 1 aromatic rings. The average Bonchev–Trinajstić information content (AvgIpc) is 2.29. The lowest BCUT2D eigenvalue weighted by Gasteiger charge is -2.07. The molecule has 4 N–H and O–H groups in total. The van der Waals surface area contributed by atoms with Crippen LogP contribution in [0.5, 0.6) is 0 Å². The van der Waals surface area contributed by atoms with E-state index in [4.69, 9.17) is 17.5 Å². The van der Waals surface area contributed by atoms with Crippen LogP contribution in [-0.4, -0.2) is 37.6 Å². The molecule has 0 aliphatic heterocycles. The van der Waals surface area contributed by atoms with Crippen molar-refractivity contribution in [3.8, 4) is 0 Å². The van der Waals surface area contributed by atoms with Crippen molar-refractivity contribution in [2.45, 2.75) is 6.54 Å². The standard InChI is InChI=1S/C10H15N3.H2O4S/c1-11-10(12-2)13-8-9-6-4-3-5-7-9;1-5(2,3)4/h3-7H,8H2,1-2H3,(H2,11,12,13);(H2,1,2,3,4). The summed E-state index contributed by atoms with van der Waals surface area (Å²) in [6.07, 6.45) is 0. The van der Waals surface area contributed by atoms with Crippen molar-refractivity contribution in [2.24, 2.45) is 4.99 Å². The molecule has 0 heterocycles. The largest absolute Gasteiger partial charge is 0.394 e. The molecule has 0 saturated heterocycles. The van der Waals surface area contributed by atoms with Crippen molar-refractivity contribution in [3.63, 3.8) is 0 Å². The first-order valence-corrected chi connectivity index (χ1v) is 6.38. The van der Waals surface area contributed by atoms with Gasteiger partial charge in [-0.15, -0.1) is 0 Å². The first kappa shape index (κ1) is 16.4. The maximum atomic E-state index is 8.74. The van der Waals surface area contributed by atoms with Gasteiger partial charge in [0, 0.05) is 20.6 Å². The molecule has 102 valence electrons. The highest BCUT2D eigenvalue weighted by Gasteiger charge is 1.93. The summed E-state index contributed by atoms with van der Waals surface area (Å²) < 4.78 is 31.6. The highest BCUT2D eigenvalue weighted by molar-refractivity contribution is 7.79. The monoisotopic (exact) mass is 275 g/mol. The molecule has 8 heteroatoms. The van der Waals surface area contributed by atoms with Gasteiger partial charge in [-0.3, -0.25) is 14.1 Å². The first-order valence-electron chi connectivity index (χ1n) is 4.99. The minimum Gasteiger partial charge on any atom is -0.359 e. The summed E-state index contributed by atoms with van der Waals surface area (Å²) >= 11 is 0. The number of hydrogen-bond donors (Lipinski definition) is 4. The number of guanidine groups is 1. The van der Waals surface area contributed by atoms with Crippen molar-refractivity contribution < 1.29 is 17.5 Å². The van der Waals surface area contributed by atoms with E-state index >= 15 is 0 Å². The van der Waals surface area contributed by atoms with E-state index in [1.807, 2.05) is 25.2 Å². The van der Waals surface area contributed by atoms with Gasteiger partial charge < -0.3 is 10.6 Å². The summed E-state index contributed by atoms with van der Waals surface area (Å²) in [5, 5.41) is 6.14. The second-order valence-electron chi connectivity index (χ2n) is 3.11. The van der Waals surface area contributed by atoms with Gasteiger partial charge in [-0.1, -0.05) is 30.3 Å². The van der Waals surface area contributed by atoms with Gasteiger partial charge in [-0.2, -0.15) is 8.42 Å². The van der Waals surface area contributed by atoms with Crippen LogP contribution in [0.3, 0.4) is 0 Å². The van der Waals surface area contributed by atoms with Gasteiger partial charge in [0.1, 0.15) is 0 Å². The Balaban J connectivity index is 0.000000494. The number of aliphatic imine (C=N–C) groups is 1. The third-order valence-electron chi connectivity index (χ3n) is 1.76. The Bertz CT molecular complexity index is 451. The number of nitrogens with one attached hydrogen (secondary N) is 2. The minimum atomic E-state index is -4.67. The van der Waals surface area contributed by atoms with Crippen LogP contribution in [-0.2, 0) is 16.9 Å². The van der Waals surface area contributed by atoms with E-state index in [1.165, 1.54) is 5.56 Å². The SMILES string of the molecule is C/N=C(/NC)NCc1ccccc1.O=S(=O)(O)O. The molecule has 0 aromatic heterocycles. The Labute approximate surface area is 107 Å². The second kappa shape index (κ2) is 8.45. The molecule has 0 aliphatic rings. The molecule has 0 amide bonds. The maximum absolute atomic E-state index is 8.74. The summed E-state index contributed by atoms with van der Waals surface area (Å²) in [6.45, 7) is 0.800. The normalized spacial score (nSPS) is 11.2. The molecule has 0 aliphatic carbocycles. The number of nitrogens with zero attached hydrogens (tertiary/aromatic N) is 1. The van der Waals surface area contributed by atoms with E-state index < -0.39 is 10.4 Å². The maximum Gasteiger partial charge on any atom is 0.394 e. The Morgan fingerprint density at radius 1 is 1.28 bits per heavy atom. The molecule has 7 nitrogen and oxygen atoms in total. The van der Waals surface area contributed by atoms with E-state index in [0.717, 1.165) is 12.5 Å². The summed E-state index contributed by atoms with van der Waals surface area (Å²) in [6, 6.07) is 10.2. The Hall–Kier alpha value is -1.64. The molecule has 0 spiro atoms. The third kappa shape index (κ3) is 10.9. The molecule has 0 radical (unpaired) electrons. The summed E-state index contributed by atoms with van der Waals surface area (Å²) in [4.78, 5) is 4.02. The molecule has 0 saturated carbocycles. The zero-order valence-corrected chi connectivity index (χ0v) is 11.0. The topological polar surface area (TPSA) is 111 Å². The zero-order valence-electron chi connectivity index (χ0n) is 10.2. The second-order valence-corrected chi connectivity index (χ2v) is 4.00. The summed E-state index contributed by atoms with van der Waals surface area (Å²) in [7, 11) is -1.07.